The highest BCUT2D eigenvalue weighted by Gasteiger charge is 2.35. The lowest BCUT2D eigenvalue weighted by Crippen LogP contribution is -2.46. The number of rotatable bonds is 4. The van der Waals surface area contributed by atoms with Gasteiger partial charge in [0.25, 0.3) is 5.91 Å². The fourth-order valence-electron chi connectivity index (χ4n) is 2.36. The Kier molecular flexibility index (Phi) is 3.31. The van der Waals surface area contributed by atoms with Crippen molar-refractivity contribution in [2.75, 3.05) is 0 Å². The molecule has 0 aromatic carbocycles. The van der Waals surface area contributed by atoms with Crippen LogP contribution in [0, 0.1) is 5.92 Å². The number of aliphatic carboxylic acids is 1. The van der Waals surface area contributed by atoms with Crippen LogP contribution < -0.4 is 5.32 Å². The molecule has 2 heterocycles. The summed E-state index contributed by atoms with van der Waals surface area (Å²) in [6.45, 7) is 0. The number of aromatic nitrogens is 1. The molecule has 20 heavy (non-hydrogen) atoms. The van der Waals surface area contributed by atoms with E-state index < -0.39 is 5.97 Å². The van der Waals surface area contributed by atoms with E-state index in [1.54, 1.807) is 0 Å². The lowest BCUT2D eigenvalue weighted by atomic mass is 9.80. The summed E-state index contributed by atoms with van der Waals surface area (Å²) in [4.78, 5) is 23.6. The molecule has 0 unspecified atom stereocenters. The third-order valence-electron chi connectivity index (χ3n) is 3.56. The fourth-order valence-corrected chi connectivity index (χ4v) is 3.15. The Bertz CT molecular complexity index is 627. The van der Waals surface area contributed by atoms with E-state index in [1.807, 2.05) is 40.5 Å². The zero-order valence-corrected chi connectivity index (χ0v) is 11.5. The predicted octanol–water partition coefficient (Wildman–Crippen LogP) is 2.13. The average Bonchev–Trinajstić information content (AvgIpc) is 3.00. The molecule has 0 radical (unpaired) electrons. The van der Waals surface area contributed by atoms with E-state index in [0.717, 1.165) is 5.69 Å². The minimum atomic E-state index is -0.778. The molecule has 2 aromatic rings. The van der Waals surface area contributed by atoms with Gasteiger partial charge in [0.05, 0.1) is 11.6 Å². The van der Waals surface area contributed by atoms with Crippen LogP contribution in [-0.4, -0.2) is 27.6 Å². The van der Waals surface area contributed by atoms with Gasteiger partial charge >= 0.3 is 5.97 Å². The van der Waals surface area contributed by atoms with E-state index in [-0.39, 0.29) is 17.9 Å². The van der Waals surface area contributed by atoms with Gasteiger partial charge in [-0.25, -0.2) is 0 Å². The summed E-state index contributed by atoms with van der Waals surface area (Å²) in [7, 11) is 0. The van der Waals surface area contributed by atoms with Crippen LogP contribution >= 0.6 is 11.3 Å². The van der Waals surface area contributed by atoms with E-state index in [1.165, 1.54) is 11.3 Å². The Morgan fingerprint density at radius 3 is 2.65 bits per heavy atom. The maximum atomic E-state index is 12.2. The molecule has 0 saturated heterocycles. The van der Waals surface area contributed by atoms with Gasteiger partial charge < -0.3 is 15.0 Å². The van der Waals surface area contributed by atoms with Gasteiger partial charge in [0.15, 0.2) is 0 Å². The molecule has 1 saturated carbocycles. The van der Waals surface area contributed by atoms with Crippen molar-refractivity contribution in [2.24, 2.45) is 5.92 Å². The van der Waals surface area contributed by atoms with Crippen molar-refractivity contribution in [3.63, 3.8) is 0 Å². The Labute approximate surface area is 119 Å². The number of nitrogens with one attached hydrogen (secondary N) is 1. The summed E-state index contributed by atoms with van der Waals surface area (Å²) in [6.07, 6.45) is 4.82. The molecule has 1 amide bonds. The first-order chi connectivity index (χ1) is 9.65. The van der Waals surface area contributed by atoms with Gasteiger partial charge in [-0.15, -0.1) is 11.3 Å². The van der Waals surface area contributed by atoms with Crippen molar-refractivity contribution < 1.29 is 14.7 Å². The minimum absolute atomic E-state index is 0.0248. The van der Waals surface area contributed by atoms with Crippen molar-refractivity contribution in [3.05, 3.63) is 40.8 Å². The number of carbonyl (C=O) groups is 2. The van der Waals surface area contributed by atoms with E-state index in [0.29, 0.717) is 17.7 Å². The summed E-state index contributed by atoms with van der Waals surface area (Å²) < 4.78 is 1.90. The first-order valence-electron chi connectivity index (χ1n) is 6.39. The van der Waals surface area contributed by atoms with Gasteiger partial charge in [-0.1, -0.05) is 0 Å². The van der Waals surface area contributed by atoms with Crippen LogP contribution in [0.5, 0.6) is 0 Å². The molecule has 2 aromatic heterocycles. The molecular formula is C14H14N2O3S. The third kappa shape index (κ3) is 2.34. The molecular weight excluding hydrogens is 276 g/mol. The third-order valence-corrected chi connectivity index (χ3v) is 4.46. The van der Waals surface area contributed by atoms with Crippen LogP contribution in [0.25, 0.3) is 5.69 Å². The van der Waals surface area contributed by atoms with E-state index in [4.69, 9.17) is 5.11 Å². The van der Waals surface area contributed by atoms with Gasteiger partial charge in [-0.2, -0.15) is 0 Å². The first kappa shape index (κ1) is 12.9. The zero-order valence-electron chi connectivity index (χ0n) is 10.7. The molecule has 0 bridgehead atoms. The number of hydrogen-bond acceptors (Lipinski definition) is 3. The highest BCUT2D eigenvalue weighted by molar-refractivity contribution is 7.12. The summed E-state index contributed by atoms with van der Waals surface area (Å²) >= 11 is 1.39. The Hall–Kier alpha value is -2.08. The standard InChI is InChI=1S/C14H14N2O3S/c17-13(15-10-7-9(8-10)14(18)19)12-11(3-6-20-12)16-4-1-2-5-16/h1-6,9-10H,7-8H2,(H,15,17)(H,18,19). The van der Waals surface area contributed by atoms with Gasteiger partial charge in [0.2, 0.25) is 0 Å². The Morgan fingerprint density at radius 2 is 2.00 bits per heavy atom. The summed E-state index contributed by atoms with van der Waals surface area (Å²) in [5, 5.41) is 13.6. The van der Waals surface area contributed by atoms with Crippen molar-refractivity contribution in [1.29, 1.82) is 0 Å². The Morgan fingerprint density at radius 1 is 1.30 bits per heavy atom. The number of hydrogen-bond donors (Lipinski definition) is 2. The fraction of sp³-hybridized carbons (Fsp3) is 0.286. The minimum Gasteiger partial charge on any atom is -0.481 e. The molecule has 2 N–H and O–H groups in total. The predicted molar refractivity (Wildman–Crippen MR) is 75.3 cm³/mol. The smallest absolute Gasteiger partial charge is 0.306 e. The lowest BCUT2D eigenvalue weighted by molar-refractivity contribution is -0.145. The maximum Gasteiger partial charge on any atom is 0.306 e. The van der Waals surface area contributed by atoms with Crippen molar-refractivity contribution in [2.45, 2.75) is 18.9 Å². The van der Waals surface area contributed by atoms with Crippen LogP contribution in [0.4, 0.5) is 0 Å². The number of nitrogens with zero attached hydrogens (tertiary/aromatic N) is 1. The zero-order chi connectivity index (χ0) is 14.1. The van der Waals surface area contributed by atoms with Crippen molar-refractivity contribution in [3.8, 4) is 5.69 Å². The topological polar surface area (TPSA) is 71.3 Å². The molecule has 6 heteroatoms. The molecule has 3 rings (SSSR count). The molecule has 1 aliphatic carbocycles. The highest BCUT2D eigenvalue weighted by Crippen LogP contribution is 2.29. The number of thiophene rings is 1. The van der Waals surface area contributed by atoms with Crippen LogP contribution in [0.1, 0.15) is 22.5 Å². The summed E-state index contributed by atoms with van der Waals surface area (Å²) in [6, 6.07) is 5.69. The summed E-state index contributed by atoms with van der Waals surface area (Å²) in [5.41, 5.74) is 0.853. The second-order valence-electron chi connectivity index (χ2n) is 4.90. The van der Waals surface area contributed by atoms with Crippen LogP contribution in [-0.2, 0) is 4.79 Å². The Balaban J connectivity index is 1.67. The number of carboxylic acids is 1. The molecule has 0 spiro atoms. The van der Waals surface area contributed by atoms with Crippen molar-refractivity contribution >= 4 is 23.2 Å². The summed E-state index contributed by atoms with van der Waals surface area (Å²) in [5.74, 6) is -1.22. The van der Waals surface area contributed by atoms with Gasteiger partial charge in [-0.3, -0.25) is 9.59 Å². The first-order valence-corrected chi connectivity index (χ1v) is 7.27. The SMILES string of the molecule is O=C(NC1CC(C(=O)O)C1)c1sccc1-n1cccc1. The molecule has 1 fully saturated rings. The highest BCUT2D eigenvalue weighted by atomic mass is 32.1. The molecule has 5 nitrogen and oxygen atoms in total. The molecule has 0 atom stereocenters. The van der Waals surface area contributed by atoms with Gasteiger partial charge in [0.1, 0.15) is 4.88 Å². The van der Waals surface area contributed by atoms with Crippen LogP contribution in [0.2, 0.25) is 0 Å². The normalized spacial score (nSPS) is 21.2. The van der Waals surface area contributed by atoms with Crippen molar-refractivity contribution in [1.82, 2.24) is 9.88 Å². The number of carboxylic acid groups (broad SMARTS) is 1. The molecule has 0 aliphatic heterocycles. The van der Waals surface area contributed by atoms with Gasteiger partial charge in [-0.05, 0) is 36.4 Å². The quantitative estimate of drug-likeness (QED) is 0.906. The second kappa shape index (κ2) is 5.13. The van der Waals surface area contributed by atoms with E-state index in [9.17, 15) is 9.59 Å². The average molecular weight is 290 g/mol. The van der Waals surface area contributed by atoms with Crippen LogP contribution in [0.3, 0.4) is 0 Å². The second-order valence-corrected chi connectivity index (χ2v) is 5.82. The monoisotopic (exact) mass is 290 g/mol. The molecule has 104 valence electrons. The van der Waals surface area contributed by atoms with Gasteiger partial charge in [0, 0.05) is 18.4 Å². The van der Waals surface area contributed by atoms with E-state index in [2.05, 4.69) is 5.32 Å². The number of carbonyl (C=O) groups excluding carboxylic acids is 1. The van der Waals surface area contributed by atoms with Crippen LogP contribution in [0.15, 0.2) is 36.0 Å². The van der Waals surface area contributed by atoms with E-state index >= 15 is 0 Å². The maximum absolute atomic E-state index is 12.2. The number of amides is 1. The largest absolute Gasteiger partial charge is 0.481 e. The molecule has 1 aliphatic rings. The lowest BCUT2D eigenvalue weighted by Gasteiger charge is -2.32.